The summed E-state index contributed by atoms with van der Waals surface area (Å²) in [5.74, 6) is 0.680. The molecule has 3 aromatic heterocycles. The average Bonchev–Trinajstić information content (AvgIpc) is 3.35. The zero-order chi connectivity index (χ0) is 22.1. The van der Waals surface area contributed by atoms with Gasteiger partial charge in [-0.25, -0.2) is 28.1 Å². The summed E-state index contributed by atoms with van der Waals surface area (Å²) >= 11 is 0. The second-order valence-electron chi connectivity index (χ2n) is 9.12. The number of hydrogen-bond donors (Lipinski definition) is 2. The van der Waals surface area contributed by atoms with Crippen LogP contribution in [-0.2, 0) is 16.6 Å². The molecule has 4 aromatic rings. The third-order valence-corrected chi connectivity index (χ3v) is 8.22. The van der Waals surface area contributed by atoms with E-state index in [0.29, 0.717) is 17.0 Å². The normalized spacial score (nSPS) is 24.3. The Morgan fingerprint density at radius 1 is 1.22 bits per heavy atom. The van der Waals surface area contributed by atoms with Crippen molar-refractivity contribution in [3.05, 3.63) is 54.7 Å². The lowest BCUT2D eigenvalue weighted by molar-refractivity contribution is -0.153. The van der Waals surface area contributed by atoms with Gasteiger partial charge in [0.15, 0.2) is 0 Å². The number of nitrogens with one attached hydrogen (secondary N) is 1. The number of rotatable bonds is 6. The highest BCUT2D eigenvalue weighted by Crippen LogP contribution is 2.68. The van der Waals surface area contributed by atoms with Gasteiger partial charge in [-0.1, -0.05) is 6.07 Å². The van der Waals surface area contributed by atoms with Crippen LogP contribution in [0.2, 0.25) is 0 Å². The molecule has 10 nitrogen and oxygen atoms in total. The monoisotopic (exact) mass is 450 g/mol. The highest BCUT2D eigenvalue weighted by molar-refractivity contribution is 7.89. The summed E-state index contributed by atoms with van der Waals surface area (Å²) in [5, 5.41) is 4.27. The number of nitrogens with zero attached hydrogens (tertiary/aromatic N) is 6. The number of nitrogens with two attached hydrogens (primary N) is 1. The molecule has 0 saturated heterocycles. The van der Waals surface area contributed by atoms with Crippen LogP contribution < -0.4 is 10.5 Å². The SMILES string of the molecule is Cc1ccc(S(=O)(=O)NC23CC(Cn4cccn4)(C2)C3)cc1-c1cn2c(N)ncnc2n1. The van der Waals surface area contributed by atoms with Crippen molar-refractivity contribution in [2.75, 3.05) is 5.73 Å². The molecule has 11 heteroatoms. The van der Waals surface area contributed by atoms with Gasteiger partial charge in [-0.2, -0.15) is 5.10 Å². The van der Waals surface area contributed by atoms with Crippen LogP contribution in [0, 0.1) is 12.3 Å². The summed E-state index contributed by atoms with van der Waals surface area (Å²) in [6, 6.07) is 7.00. The number of hydrogen-bond acceptors (Lipinski definition) is 7. The van der Waals surface area contributed by atoms with Crippen LogP contribution in [0.25, 0.3) is 17.0 Å². The molecular formula is C21H22N8O2S. The van der Waals surface area contributed by atoms with Gasteiger partial charge in [-0.05, 0) is 55.4 Å². The number of benzene rings is 1. The number of nitrogen functional groups attached to an aromatic ring is 1. The summed E-state index contributed by atoms with van der Waals surface area (Å²) in [7, 11) is -3.67. The Kier molecular flexibility index (Phi) is 3.85. The van der Waals surface area contributed by atoms with Crippen molar-refractivity contribution in [3.63, 3.8) is 0 Å². The lowest BCUT2D eigenvalue weighted by atomic mass is 9.40. The lowest BCUT2D eigenvalue weighted by Gasteiger charge is -2.70. The van der Waals surface area contributed by atoms with Gasteiger partial charge >= 0.3 is 0 Å². The molecule has 0 atom stereocenters. The molecule has 0 unspecified atom stereocenters. The first-order valence-corrected chi connectivity index (χ1v) is 11.8. The van der Waals surface area contributed by atoms with E-state index in [1.807, 2.05) is 23.9 Å². The maximum absolute atomic E-state index is 13.2. The Hall–Kier alpha value is -3.31. The fraction of sp³-hybridized carbons (Fsp3) is 0.333. The molecule has 3 saturated carbocycles. The number of aryl methyl sites for hydroxylation is 1. The maximum Gasteiger partial charge on any atom is 0.241 e. The number of fused-ring (bicyclic) bond motifs is 1. The maximum atomic E-state index is 13.2. The van der Waals surface area contributed by atoms with Crippen LogP contribution in [0.3, 0.4) is 0 Å². The minimum absolute atomic E-state index is 0.157. The summed E-state index contributed by atoms with van der Waals surface area (Å²) in [4.78, 5) is 12.8. The van der Waals surface area contributed by atoms with E-state index in [4.69, 9.17) is 5.73 Å². The van der Waals surface area contributed by atoms with Crippen LogP contribution in [-0.4, -0.2) is 43.1 Å². The second-order valence-corrected chi connectivity index (χ2v) is 10.8. The van der Waals surface area contributed by atoms with Crippen molar-refractivity contribution in [2.45, 2.75) is 43.2 Å². The molecule has 7 rings (SSSR count). The molecule has 0 radical (unpaired) electrons. The van der Waals surface area contributed by atoms with Gasteiger partial charge in [0.1, 0.15) is 6.33 Å². The average molecular weight is 451 g/mol. The number of anilines is 1. The van der Waals surface area contributed by atoms with E-state index in [9.17, 15) is 8.42 Å². The van der Waals surface area contributed by atoms with Crippen molar-refractivity contribution in [1.82, 2.24) is 33.9 Å². The van der Waals surface area contributed by atoms with Gasteiger partial charge in [-0.15, -0.1) is 0 Å². The smallest absolute Gasteiger partial charge is 0.241 e. The molecule has 3 aliphatic rings. The topological polar surface area (TPSA) is 133 Å². The number of sulfonamides is 1. The van der Waals surface area contributed by atoms with E-state index in [0.717, 1.165) is 31.4 Å². The second kappa shape index (κ2) is 6.36. The molecule has 164 valence electrons. The summed E-state index contributed by atoms with van der Waals surface area (Å²) in [6.45, 7) is 2.75. The zero-order valence-corrected chi connectivity index (χ0v) is 18.2. The van der Waals surface area contributed by atoms with Gasteiger partial charge in [0, 0.05) is 36.2 Å². The molecule has 3 fully saturated rings. The highest BCUT2D eigenvalue weighted by Gasteiger charge is 2.69. The van der Waals surface area contributed by atoms with E-state index in [1.54, 1.807) is 35.0 Å². The van der Waals surface area contributed by atoms with Crippen LogP contribution >= 0.6 is 0 Å². The zero-order valence-electron chi connectivity index (χ0n) is 17.4. The van der Waals surface area contributed by atoms with Crippen LogP contribution in [0.4, 0.5) is 5.95 Å². The van der Waals surface area contributed by atoms with Crippen molar-refractivity contribution in [1.29, 1.82) is 0 Å². The van der Waals surface area contributed by atoms with Crippen LogP contribution in [0.5, 0.6) is 0 Å². The molecular weight excluding hydrogens is 428 g/mol. The standard InChI is InChI=1S/C21H22N8O2S/c1-14-3-4-15(7-16(14)17-8-29-18(22)23-13-24-19(29)26-17)32(30,31)27-21-9-20(10-21,11-21)12-28-6-2-5-25-28/h2-8,13,27H,9-12H2,1H3,(H2,22,23,24,26). The molecule has 0 spiro atoms. The van der Waals surface area contributed by atoms with E-state index >= 15 is 0 Å². The van der Waals surface area contributed by atoms with Crippen molar-refractivity contribution >= 4 is 21.7 Å². The minimum atomic E-state index is -3.67. The van der Waals surface area contributed by atoms with E-state index in [-0.39, 0.29) is 21.8 Å². The lowest BCUT2D eigenvalue weighted by Crippen LogP contribution is -2.75. The first-order valence-electron chi connectivity index (χ1n) is 10.3. The van der Waals surface area contributed by atoms with Crippen LogP contribution in [0.1, 0.15) is 24.8 Å². The van der Waals surface area contributed by atoms with Gasteiger partial charge in [-0.3, -0.25) is 9.08 Å². The van der Waals surface area contributed by atoms with Gasteiger partial charge in [0.05, 0.1) is 10.6 Å². The Morgan fingerprint density at radius 2 is 2.03 bits per heavy atom. The predicted molar refractivity (Wildman–Crippen MR) is 117 cm³/mol. The molecule has 1 aromatic carbocycles. The molecule has 2 bridgehead atoms. The van der Waals surface area contributed by atoms with E-state index in [1.165, 1.54) is 6.33 Å². The molecule has 3 N–H and O–H groups in total. The van der Waals surface area contributed by atoms with Crippen molar-refractivity contribution in [2.24, 2.45) is 5.41 Å². The van der Waals surface area contributed by atoms with Gasteiger partial charge < -0.3 is 5.73 Å². The van der Waals surface area contributed by atoms with Crippen LogP contribution in [0.15, 0.2) is 54.1 Å². The largest absolute Gasteiger partial charge is 0.369 e. The first-order chi connectivity index (χ1) is 15.3. The quantitative estimate of drug-likeness (QED) is 0.457. The third kappa shape index (κ3) is 2.92. The number of aromatic nitrogens is 6. The Balaban J connectivity index is 1.25. The third-order valence-electron chi connectivity index (χ3n) is 6.64. The van der Waals surface area contributed by atoms with Gasteiger partial charge in [0.25, 0.3) is 0 Å². The number of imidazole rings is 1. The Labute approximate surface area is 184 Å². The fourth-order valence-corrected chi connectivity index (χ4v) is 6.79. The fourth-order valence-electron chi connectivity index (χ4n) is 5.36. The summed E-state index contributed by atoms with van der Waals surface area (Å²) < 4.78 is 32.9. The van der Waals surface area contributed by atoms with E-state index in [2.05, 4.69) is 24.8 Å². The molecule has 0 amide bonds. The van der Waals surface area contributed by atoms with Crippen molar-refractivity contribution in [3.8, 4) is 11.3 Å². The van der Waals surface area contributed by atoms with Crippen molar-refractivity contribution < 1.29 is 8.42 Å². The highest BCUT2D eigenvalue weighted by atomic mass is 32.2. The first kappa shape index (κ1) is 19.4. The van der Waals surface area contributed by atoms with E-state index < -0.39 is 10.0 Å². The Morgan fingerprint density at radius 3 is 2.75 bits per heavy atom. The van der Waals surface area contributed by atoms with Gasteiger partial charge in [0.2, 0.25) is 21.7 Å². The predicted octanol–water partition coefficient (Wildman–Crippen LogP) is 1.78. The molecule has 0 aliphatic heterocycles. The minimum Gasteiger partial charge on any atom is -0.369 e. The molecule has 3 aliphatic carbocycles. The molecule has 32 heavy (non-hydrogen) atoms. The summed E-state index contributed by atoms with van der Waals surface area (Å²) in [6.07, 6.45) is 9.29. The molecule has 3 heterocycles. The Bertz CT molecular complexity index is 1440. The summed E-state index contributed by atoms with van der Waals surface area (Å²) in [5.41, 5.74) is 7.92.